The van der Waals surface area contributed by atoms with Crippen LogP contribution in [-0.2, 0) is 14.3 Å². The fourth-order valence-electron chi connectivity index (χ4n) is 3.63. The van der Waals surface area contributed by atoms with Gasteiger partial charge in [0.05, 0.1) is 5.57 Å². The van der Waals surface area contributed by atoms with Crippen molar-refractivity contribution >= 4 is 46.3 Å². The molecule has 0 aromatic heterocycles. The van der Waals surface area contributed by atoms with Gasteiger partial charge in [-0.1, -0.05) is 48.5 Å². The number of rotatable bonds is 6. The van der Waals surface area contributed by atoms with Crippen molar-refractivity contribution in [2.24, 2.45) is 10.9 Å². The number of aliphatic carboxylic acids is 1. The monoisotopic (exact) mass is 515 g/mol. The molecule has 1 heterocycles. The number of hydrogen-bond acceptors (Lipinski definition) is 4. The molecule has 2 aromatic rings. The number of carboxylic acids is 1. The van der Waals surface area contributed by atoms with Crippen LogP contribution in [0.1, 0.15) is 30.9 Å². The normalized spacial score (nSPS) is 19.0. The summed E-state index contributed by atoms with van der Waals surface area (Å²) >= 11 is 2.18. The summed E-state index contributed by atoms with van der Waals surface area (Å²) in [5.74, 6) is -3.13. The molecule has 0 fully saturated rings. The molecule has 0 bridgehead atoms. The third-order valence-corrected chi connectivity index (χ3v) is 5.61. The lowest BCUT2D eigenvalue weighted by molar-refractivity contribution is -0.140. The van der Waals surface area contributed by atoms with E-state index in [2.05, 4.69) is 27.6 Å². The van der Waals surface area contributed by atoms with Crippen molar-refractivity contribution in [3.05, 3.63) is 86.6 Å². The molecule has 1 aliphatic rings. The van der Waals surface area contributed by atoms with Gasteiger partial charge < -0.3 is 9.84 Å². The maximum Gasteiger partial charge on any atom is 0.336 e. The Bertz CT molecular complexity index is 1040. The molecular formula is C24H22INO4. The Hall–Kier alpha value is -2.74. The number of halogens is 1. The predicted molar refractivity (Wildman–Crippen MR) is 125 cm³/mol. The van der Waals surface area contributed by atoms with E-state index in [1.807, 2.05) is 60.7 Å². The van der Waals surface area contributed by atoms with Crippen molar-refractivity contribution in [2.75, 3.05) is 6.61 Å². The van der Waals surface area contributed by atoms with Crippen molar-refractivity contribution in [3.8, 4) is 0 Å². The maximum atomic E-state index is 13.0. The highest BCUT2D eigenvalue weighted by Gasteiger charge is 2.41. The van der Waals surface area contributed by atoms with Gasteiger partial charge in [-0.2, -0.15) is 0 Å². The average molecular weight is 515 g/mol. The molecule has 154 valence electrons. The lowest BCUT2D eigenvalue weighted by atomic mass is 9.75. The van der Waals surface area contributed by atoms with Crippen LogP contribution >= 0.6 is 22.6 Å². The number of nitrogens with zero attached hydrogens (tertiary/aromatic N) is 1. The summed E-state index contributed by atoms with van der Waals surface area (Å²) in [6.07, 6.45) is 3.63. The highest BCUT2D eigenvalue weighted by molar-refractivity contribution is 14.1. The Balaban J connectivity index is 1.88. The topological polar surface area (TPSA) is 76.0 Å². The number of hydrogen-bond donors (Lipinski definition) is 1. The summed E-state index contributed by atoms with van der Waals surface area (Å²) < 4.78 is 6.43. The third kappa shape index (κ3) is 5.05. The summed E-state index contributed by atoms with van der Waals surface area (Å²) in [5.41, 5.74) is 3.03. The number of ether oxygens (including phenoxy) is 1. The first-order valence-corrected chi connectivity index (χ1v) is 10.6. The summed E-state index contributed by atoms with van der Waals surface area (Å²) in [6, 6.07) is 17.2. The molecule has 2 aromatic carbocycles. The number of carboxylic acid groups (broad SMARTS) is 1. The van der Waals surface area contributed by atoms with Crippen LogP contribution < -0.4 is 0 Å². The van der Waals surface area contributed by atoms with Crippen LogP contribution in [0, 0.1) is 9.49 Å². The van der Waals surface area contributed by atoms with E-state index < -0.39 is 23.8 Å². The molecule has 0 saturated carbocycles. The zero-order valence-corrected chi connectivity index (χ0v) is 18.9. The summed E-state index contributed by atoms with van der Waals surface area (Å²) in [7, 11) is 0. The standard InChI is InChI=1S/C24H22INO4/c1-15-20(23(27)28)22(18-11-6-12-19(25)14-18)21(16(2)26-15)24(29)30-13-7-10-17-8-4-3-5-9-17/h3-12,14,20,22H,13H2,1-2H3,(H,27,28). The summed E-state index contributed by atoms with van der Waals surface area (Å²) in [6.45, 7) is 3.50. The fourth-order valence-corrected chi connectivity index (χ4v) is 4.20. The van der Waals surface area contributed by atoms with Crippen molar-refractivity contribution in [1.82, 2.24) is 0 Å². The van der Waals surface area contributed by atoms with Gasteiger partial charge >= 0.3 is 11.9 Å². The zero-order valence-electron chi connectivity index (χ0n) is 16.7. The fraction of sp³-hybridized carbons (Fsp3) is 0.208. The van der Waals surface area contributed by atoms with E-state index in [-0.39, 0.29) is 6.61 Å². The molecular weight excluding hydrogens is 493 g/mol. The largest absolute Gasteiger partial charge is 0.481 e. The van der Waals surface area contributed by atoms with E-state index in [4.69, 9.17) is 4.74 Å². The molecule has 0 aliphatic carbocycles. The second kappa shape index (κ2) is 9.84. The van der Waals surface area contributed by atoms with Crippen LogP contribution in [-0.4, -0.2) is 29.4 Å². The Kier molecular flexibility index (Phi) is 7.20. The van der Waals surface area contributed by atoms with Crippen molar-refractivity contribution in [1.29, 1.82) is 0 Å². The Morgan fingerprint density at radius 2 is 1.87 bits per heavy atom. The van der Waals surface area contributed by atoms with E-state index in [1.54, 1.807) is 19.9 Å². The van der Waals surface area contributed by atoms with Gasteiger partial charge in [-0.25, -0.2) is 4.79 Å². The second-order valence-corrected chi connectivity index (χ2v) is 8.26. The molecule has 0 radical (unpaired) electrons. The number of esters is 1. The second-order valence-electron chi connectivity index (χ2n) is 7.01. The first kappa shape index (κ1) is 22.0. The molecule has 1 N–H and O–H groups in total. The maximum absolute atomic E-state index is 13.0. The molecule has 5 nitrogen and oxygen atoms in total. The number of allylic oxidation sites excluding steroid dienone is 1. The quantitative estimate of drug-likeness (QED) is 0.430. The number of benzene rings is 2. The van der Waals surface area contributed by atoms with E-state index in [0.29, 0.717) is 17.0 Å². The van der Waals surface area contributed by atoms with Crippen LogP contribution in [0.3, 0.4) is 0 Å². The van der Waals surface area contributed by atoms with E-state index in [1.165, 1.54) is 0 Å². The predicted octanol–water partition coefficient (Wildman–Crippen LogP) is 5.08. The Morgan fingerprint density at radius 3 is 2.53 bits per heavy atom. The van der Waals surface area contributed by atoms with Gasteiger partial charge in [0.1, 0.15) is 12.5 Å². The summed E-state index contributed by atoms with van der Waals surface area (Å²) in [5, 5.41) is 9.87. The van der Waals surface area contributed by atoms with Crippen LogP contribution in [0.4, 0.5) is 0 Å². The molecule has 30 heavy (non-hydrogen) atoms. The van der Waals surface area contributed by atoms with Gasteiger partial charge in [0, 0.05) is 20.9 Å². The van der Waals surface area contributed by atoms with Gasteiger partial charge in [-0.15, -0.1) is 0 Å². The van der Waals surface area contributed by atoms with Crippen molar-refractivity contribution < 1.29 is 19.4 Å². The van der Waals surface area contributed by atoms with Gasteiger partial charge in [-0.05, 0) is 65.8 Å². The van der Waals surface area contributed by atoms with Gasteiger partial charge in [0.2, 0.25) is 0 Å². The molecule has 6 heteroatoms. The molecule has 0 spiro atoms. The van der Waals surface area contributed by atoms with Crippen molar-refractivity contribution in [2.45, 2.75) is 19.8 Å². The lowest BCUT2D eigenvalue weighted by Crippen LogP contribution is -2.35. The lowest BCUT2D eigenvalue weighted by Gasteiger charge is -2.30. The first-order chi connectivity index (χ1) is 14.4. The molecule has 0 amide bonds. The number of carbonyl (C=O) groups is 2. The average Bonchev–Trinajstić information content (AvgIpc) is 2.71. The number of carbonyl (C=O) groups excluding carboxylic acids is 1. The minimum absolute atomic E-state index is 0.0873. The highest BCUT2D eigenvalue weighted by Crippen LogP contribution is 2.40. The molecule has 2 atom stereocenters. The Labute approximate surface area is 189 Å². The van der Waals surface area contributed by atoms with Crippen LogP contribution in [0.15, 0.2) is 76.9 Å². The minimum Gasteiger partial charge on any atom is -0.481 e. The first-order valence-electron chi connectivity index (χ1n) is 9.51. The van der Waals surface area contributed by atoms with Crippen LogP contribution in [0.25, 0.3) is 6.08 Å². The minimum atomic E-state index is -1.01. The molecule has 2 unspecified atom stereocenters. The molecule has 0 saturated heterocycles. The van der Waals surface area contributed by atoms with Gasteiger partial charge in [-0.3, -0.25) is 9.79 Å². The third-order valence-electron chi connectivity index (χ3n) is 4.94. The van der Waals surface area contributed by atoms with E-state index >= 15 is 0 Å². The van der Waals surface area contributed by atoms with Gasteiger partial charge in [0.25, 0.3) is 0 Å². The van der Waals surface area contributed by atoms with Gasteiger partial charge in [0.15, 0.2) is 0 Å². The van der Waals surface area contributed by atoms with E-state index in [9.17, 15) is 14.7 Å². The van der Waals surface area contributed by atoms with Crippen molar-refractivity contribution in [3.63, 3.8) is 0 Å². The smallest absolute Gasteiger partial charge is 0.336 e. The van der Waals surface area contributed by atoms with E-state index in [0.717, 1.165) is 14.7 Å². The molecule has 3 rings (SSSR count). The molecule has 1 aliphatic heterocycles. The Morgan fingerprint density at radius 1 is 1.13 bits per heavy atom. The van der Waals surface area contributed by atoms with Crippen LogP contribution in [0.5, 0.6) is 0 Å². The SMILES string of the molecule is CC1=NC(C)=C(C(=O)OCC=Cc2ccccc2)C(c2cccc(I)c2)C1C(=O)O. The zero-order chi connectivity index (χ0) is 21.7. The summed E-state index contributed by atoms with van der Waals surface area (Å²) in [4.78, 5) is 29.4. The number of aliphatic imine (C=N–C) groups is 1. The highest BCUT2D eigenvalue weighted by atomic mass is 127. The van der Waals surface area contributed by atoms with Crippen LogP contribution in [0.2, 0.25) is 0 Å².